The third-order valence-corrected chi connectivity index (χ3v) is 4.77. The van der Waals surface area contributed by atoms with Crippen LogP contribution in [0.3, 0.4) is 0 Å². The molecule has 3 rings (SSSR count). The second-order valence-corrected chi connectivity index (χ2v) is 8.23. The first-order chi connectivity index (χ1) is 11.9. The van der Waals surface area contributed by atoms with Crippen LogP contribution < -0.4 is 0 Å². The summed E-state index contributed by atoms with van der Waals surface area (Å²) in [6, 6.07) is 2.12. The summed E-state index contributed by atoms with van der Waals surface area (Å²) in [5.74, 6) is -0.599. The van der Waals surface area contributed by atoms with Crippen molar-refractivity contribution in [1.29, 1.82) is 0 Å². The summed E-state index contributed by atoms with van der Waals surface area (Å²) >= 11 is 0. The molecule has 0 unspecified atom stereocenters. The van der Waals surface area contributed by atoms with Crippen LogP contribution in [0.5, 0.6) is 0 Å². The molecule has 1 aromatic heterocycles. The van der Waals surface area contributed by atoms with Crippen molar-refractivity contribution in [1.82, 2.24) is 9.88 Å². The Bertz CT molecular complexity index is 726. The van der Waals surface area contributed by atoms with E-state index in [4.69, 9.17) is 4.74 Å². The largest absolute Gasteiger partial charge is 0.444 e. The summed E-state index contributed by atoms with van der Waals surface area (Å²) < 4.78 is 43.5. The van der Waals surface area contributed by atoms with E-state index in [-0.39, 0.29) is 28.8 Å². The minimum Gasteiger partial charge on any atom is -0.444 e. The zero-order chi connectivity index (χ0) is 19.3. The number of hydrogen-bond donors (Lipinski definition) is 0. The van der Waals surface area contributed by atoms with Crippen LogP contribution in [0.2, 0.25) is 0 Å². The van der Waals surface area contributed by atoms with E-state index >= 15 is 0 Å². The predicted octanol–water partition coefficient (Wildman–Crippen LogP) is 3.93. The Hall–Kier alpha value is -2.12. The van der Waals surface area contributed by atoms with Gasteiger partial charge < -0.3 is 9.64 Å². The standard InChI is InChI=1S/C18H21F3N2O3/c1-16(2,3)26-15(25)23-9-17(10-23)7-12(8-17)14(24)11-4-5-22-13(6-11)18(19,20)21/h4-6,12H,7-10H2,1-3H3. The van der Waals surface area contributed by atoms with Gasteiger partial charge in [-0.3, -0.25) is 9.78 Å². The maximum absolute atomic E-state index is 12.7. The molecule has 2 heterocycles. The second-order valence-electron chi connectivity index (χ2n) is 8.23. The number of rotatable bonds is 2. The normalized spacial score (nSPS) is 19.7. The molecule has 0 bridgehead atoms. The molecule has 2 fully saturated rings. The van der Waals surface area contributed by atoms with E-state index < -0.39 is 17.5 Å². The Kier molecular flexibility index (Phi) is 4.28. The number of carbonyl (C=O) groups excluding carboxylic acids is 2. The molecule has 0 atom stereocenters. The van der Waals surface area contributed by atoms with Crippen molar-refractivity contribution in [2.75, 3.05) is 13.1 Å². The molecular formula is C18H21F3N2O3. The fourth-order valence-electron chi connectivity index (χ4n) is 3.62. The van der Waals surface area contributed by atoms with Crippen LogP contribution in [0, 0.1) is 11.3 Å². The van der Waals surface area contributed by atoms with Gasteiger partial charge in [0.2, 0.25) is 0 Å². The highest BCUT2D eigenvalue weighted by Crippen LogP contribution is 2.53. The molecule has 1 saturated carbocycles. The molecule has 2 aliphatic rings. The number of alkyl halides is 3. The number of pyridine rings is 1. The van der Waals surface area contributed by atoms with Crippen molar-refractivity contribution in [3.63, 3.8) is 0 Å². The molecule has 142 valence electrons. The Morgan fingerprint density at radius 1 is 1.23 bits per heavy atom. The van der Waals surface area contributed by atoms with Gasteiger partial charge in [-0.25, -0.2) is 4.79 Å². The number of likely N-dealkylation sites (tertiary alicyclic amines) is 1. The lowest BCUT2D eigenvalue weighted by Crippen LogP contribution is -2.65. The minimum absolute atomic E-state index is 0.0375. The zero-order valence-electron chi connectivity index (χ0n) is 14.9. The van der Waals surface area contributed by atoms with Crippen molar-refractivity contribution < 1.29 is 27.5 Å². The lowest BCUT2D eigenvalue weighted by molar-refractivity contribution is -0.141. The third kappa shape index (κ3) is 3.68. The predicted molar refractivity (Wildman–Crippen MR) is 86.5 cm³/mol. The van der Waals surface area contributed by atoms with Gasteiger partial charge >= 0.3 is 12.3 Å². The number of halogens is 3. The van der Waals surface area contributed by atoms with Crippen LogP contribution >= 0.6 is 0 Å². The molecule has 0 radical (unpaired) electrons. The van der Waals surface area contributed by atoms with Crippen LogP contribution in [0.4, 0.5) is 18.0 Å². The van der Waals surface area contributed by atoms with Gasteiger partial charge in [-0.1, -0.05) is 0 Å². The van der Waals surface area contributed by atoms with Gasteiger partial charge in [-0.15, -0.1) is 0 Å². The van der Waals surface area contributed by atoms with Crippen molar-refractivity contribution in [2.45, 2.75) is 45.4 Å². The molecule has 26 heavy (non-hydrogen) atoms. The lowest BCUT2D eigenvalue weighted by atomic mass is 9.56. The lowest BCUT2D eigenvalue weighted by Gasteiger charge is -2.58. The highest BCUT2D eigenvalue weighted by atomic mass is 19.4. The van der Waals surface area contributed by atoms with Crippen molar-refractivity contribution in [3.8, 4) is 0 Å². The van der Waals surface area contributed by atoms with E-state index in [9.17, 15) is 22.8 Å². The number of hydrogen-bond acceptors (Lipinski definition) is 4. The summed E-state index contributed by atoms with van der Waals surface area (Å²) in [6.07, 6.45) is -2.78. The van der Waals surface area contributed by atoms with Crippen molar-refractivity contribution in [3.05, 3.63) is 29.6 Å². The van der Waals surface area contributed by atoms with E-state index in [1.165, 1.54) is 6.07 Å². The van der Waals surface area contributed by atoms with Gasteiger partial charge in [0, 0.05) is 36.2 Å². The first kappa shape index (κ1) is 18.7. The van der Waals surface area contributed by atoms with Gasteiger partial charge in [0.1, 0.15) is 11.3 Å². The highest BCUT2D eigenvalue weighted by molar-refractivity contribution is 5.98. The van der Waals surface area contributed by atoms with Crippen LogP contribution in [-0.4, -0.2) is 40.5 Å². The first-order valence-corrected chi connectivity index (χ1v) is 8.44. The summed E-state index contributed by atoms with van der Waals surface area (Å²) in [7, 11) is 0. The Morgan fingerprint density at radius 2 is 1.85 bits per heavy atom. The zero-order valence-corrected chi connectivity index (χ0v) is 14.9. The highest BCUT2D eigenvalue weighted by Gasteiger charge is 2.56. The average molecular weight is 370 g/mol. The molecule has 0 N–H and O–H groups in total. The summed E-state index contributed by atoms with van der Waals surface area (Å²) in [5, 5.41) is 0. The molecular weight excluding hydrogens is 349 g/mol. The fourth-order valence-corrected chi connectivity index (χ4v) is 3.62. The number of nitrogens with zero attached hydrogens (tertiary/aromatic N) is 2. The number of aromatic nitrogens is 1. The molecule has 1 aromatic rings. The van der Waals surface area contributed by atoms with Gasteiger partial charge in [0.05, 0.1) is 0 Å². The van der Waals surface area contributed by atoms with E-state index in [1.54, 1.807) is 25.7 Å². The Balaban J connectivity index is 1.55. The van der Waals surface area contributed by atoms with E-state index in [1.807, 2.05) is 0 Å². The number of amides is 1. The molecule has 0 aromatic carbocycles. The maximum Gasteiger partial charge on any atom is 0.433 e. The number of ketones is 1. The van der Waals surface area contributed by atoms with Gasteiger partial charge in [0.15, 0.2) is 5.78 Å². The molecule has 1 amide bonds. The van der Waals surface area contributed by atoms with E-state index in [0.29, 0.717) is 25.9 Å². The second kappa shape index (κ2) is 5.96. The summed E-state index contributed by atoms with van der Waals surface area (Å²) in [6.45, 7) is 6.43. The smallest absolute Gasteiger partial charge is 0.433 e. The first-order valence-electron chi connectivity index (χ1n) is 8.44. The monoisotopic (exact) mass is 370 g/mol. The summed E-state index contributed by atoms with van der Waals surface area (Å²) in [5.41, 5.74) is -1.68. The summed E-state index contributed by atoms with van der Waals surface area (Å²) in [4.78, 5) is 29.3. The fraction of sp³-hybridized carbons (Fsp3) is 0.611. The molecule has 1 saturated heterocycles. The van der Waals surface area contributed by atoms with Gasteiger partial charge in [-0.2, -0.15) is 13.2 Å². The number of Topliss-reactive ketones (excluding diaryl/α,β-unsaturated/α-hetero) is 1. The molecule has 8 heteroatoms. The topological polar surface area (TPSA) is 59.5 Å². The van der Waals surface area contributed by atoms with Crippen molar-refractivity contribution in [2.24, 2.45) is 11.3 Å². The molecule has 1 aliphatic heterocycles. The number of ether oxygens (including phenoxy) is 1. The molecule has 1 aliphatic carbocycles. The Morgan fingerprint density at radius 3 is 2.38 bits per heavy atom. The maximum atomic E-state index is 12.7. The quantitative estimate of drug-likeness (QED) is 0.740. The number of carbonyl (C=O) groups is 2. The van der Waals surface area contributed by atoms with Crippen LogP contribution in [0.25, 0.3) is 0 Å². The van der Waals surface area contributed by atoms with E-state index in [0.717, 1.165) is 12.3 Å². The van der Waals surface area contributed by atoms with Gasteiger partial charge in [0.25, 0.3) is 0 Å². The molecule has 1 spiro atoms. The van der Waals surface area contributed by atoms with E-state index in [2.05, 4.69) is 4.98 Å². The third-order valence-electron chi connectivity index (χ3n) is 4.77. The van der Waals surface area contributed by atoms with Crippen LogP contribution in [0.15, 0.2) is 18.3 Å². The van der Waals surface area contributed by atoms with Crippen LogP contribution in [-0.2, 0) is 10.9 Å². The average Bonchev–Trinajstić information content (AvgIpc) is 2.41. The molecule has 5 nitrogen and oxygen atoms in total. The van der Waals surface area contributed by atoms with Gasteiger partial charge in [-0.05, 0) is 45.7 Å². The SMILES string of the molecule is CC(C)(C)OC(=O)N1CC2(CC(C(=O)c3ccnc(C(F)(F)F)c3)C2)C1. The Labute approximate surface area is 149 Å². The van der Waals surface area contributed by atoms with Crippen molar-refractivity contribution >= 4 is 11.9 Å². The van der Waals surface area contributed by atoms with Crippen LogP contribution in [0.1, 0.15) is 49.7 Å². The minimum atomic E-state index is -4.57.